The van der Waals surface area contributed by atoms with E-state index in [1.54, 1.807) is 30.3 Å². The number of fused-ring (bicyclic) bond motifs is 1. The number of hydrogen-bond acceptors (Lipinski definition) is 5. The molecule has 160 valence electrons. The minimum absolute atomic E-state index is 0.0664. The molecule has 2 aliphatic rings. The lowest BCUT2D eigenvalue weighted by atomic mass is 10.1. The van der Waals surface area contributed by atoms with E-state index in [-0.39, 0.29) is 30.2 Å². The fourth-order valence-electron chi connectivity index (χ4n) is 3.81. The van der Waals surface area contributed by atoms with Crippen molar-refractivity contribution in [2.45, 2.75) is 56.0 Å². The Morgan fingerprint density at radius 2 is 1.73 bits per heavy atom. The summed E-state index contributed by atoms with van der Waals surface area (Å²) in [6, 6.07) is 11.6. The van der Waals surface area contributed by atoms with Crippen LogP contribution in [0.15, 0.2) is 47.4 Å². The molecule has 1 fully saturated rings. The van der Waals surface area contributed by atoms with E-state index in [9.17, 15) is 13.2 Å². The number of benzene rings is 2. The summed E-state index contributed by atoms with van der Waals surface area (Å²) >= 11 is 0. The first kappa shape index (κ1) is 20.7. The van der Waals surface area contributed by atoms with Crippen LogP contribution in [0.25, 0.3) is 0 Å². The van der Waals surface area contributed by atoms with Gasteiger partial charge in [-0.1, -0.05) is 37.8 Å². The fraction of sp³-hybridized carbons (Fsp3) is 0.409. The van der Waals surface area contributed by atoms with Gasteiger partial charge in [0.05, 0.1) is 4.90 Å². The van der Waals surface area contributed by atoms with Gasteiger partial charge in [0, 0.05) is 18.2 Å². The highest BCUT2D eigenvalue weighted by molar-refractivity contribution is 7.89. The van der Waals surface area contributed by atoms with Gasteiger partial charge in [0.25, 0.3) is 5.91 Å². The third kappa shape index (κ3) is 4.94. The fourth-order valence-corrected chi connectivity index (χ4v) is 4.87. The zero-order valence-electron chi connectivity index (χ0n) is 16.7. The number of sulfonamides is 1. The van der Waals surface area contributed by atoms with Crippen molar-refractivity contribution in [3.8, 4) is 11.5 Å². The second kappa shape index (κ2) is 9.06. The summed E-state index contributed by atoms with van der Waals surface area (Å²) in [6.07, 6.45) is 6.58. The van der Waals surface area contributed by atoms with E-state index >= 15 is 0 Å². The molecule has 1 heterocycles. The Morgan fingerprint density at radius 3 is 2.53 bits per heavy atom. The molecule has 0 spiro atoms. The monoisotopic (exact) mass is 430 g/mol. The Hall–Kier alpha value is -2.58. The SMILES string of the molecule is O=C(NC1CCCCCC1)c1cccc(S(=O)(=O)NCc2ccc3c(c2)OCO3)c1. The maximum absolute atomic E-state index is 12.8. The van der Waals surface area contributed by atoms with Gasteiger partial charge in [-0.2, -0.15) is 0 Å². The molecular formula is C22H26N2O5S. The molecular weight excluding hydrogens is 404 g/mol. The van der Waals surface area contributed by atoms with Gasteiger partial charge in [-0.05, 0) is 48.7 Å². The standard InChI is InChI=1S/C22H26N2O5S/c25-22(24-18-7-3-1-2-4-8-18)17-6-5-9-19(13-17)30(26,27)23-14-16-10-11-20-21(12-16)29-15-28-20/h5-6,9-13,18,23H,1-4,7-8,14-15H2,(H,24,25). The van der Waals surface area contributed by atoms with Crippen LogP contribution in [0.1, 0.15) is 54.4 Å². The number of nitrogens with one attached hydrogen (secondary N) is 2. The minimum atomic E-state index is -3.77. The highest BCUT2D eigenvalue weighted by Crippen LogP contribution is 2.32. The molecule has 1 saturated carbocycles. The highest BCUT2D eigenvalue weighted by Gasteiger charge is 2.20. The molecule has 2 aromatic carbocycles. The van der Waals surface area contributed by atoms with Crippen molar-refractivity contribution in [2.75, 3.05) is 6.79 Å². The second-order valence-electron chi connectivity index (χ2n) is 7.70. The summed E-state index contributed by atoms with van der Waals surface area (Å²) in [5.74, 6) is 1.02. The minimum Gasteiger partial charge on any atom is -0.454 e. The lowest BCUT2D eigenvalue weighted by Gasteiger charge is -2.16. The van der Waals surface area contributed by atoms with Gasteiger partial charge in [0.15, 0.2) is 11.5 Å². The van der Waals surface area contributed by atoms with Crippen LogP contribution < -0.4 is 19.5 Å². The van der Waals surface area contributed by atoms with Crippen molar-refractivity contribution in [3.05, 3.63) is 53.6 Å². The van der Waals surface area contributed by atoms with Crippen molar-refractivity contribution >= 4 is 15.9 Å². The van der Waals surface area contributed by atoms with Crippen LogP contribution in [-0.2, 0) is 16.6 Å². The summed E-state index contributed by atoms with van der Waals surface area (Å²) in [4.78, 5) is 12.7. The molecule has 8 heteroatoms. The topological polar surface area (TPSA) is 93.7 Å². The van der Waals surface area contributed by atoms with Crippen LogP contribution >= 0.6 is 0 Å². The molecule has 0 aromatic heterocycles. The molecule has 4 rings (SSSR count). The van der Waals surface area contributed by atoms with Crippen LogP contribution in [0, 0.1) is 0 Å². The lowest BCUT2D eigenvalue weighted by Crippen LogP contribution is -2.34. The Morgan fingerprint density at radius 1 is 0.967 bits per heavy atom. The maximum Gasteiger partial charge on any atom is 0.251 e. The number of ether oxygens (including phenoxy) is 2. The summed E-state index contributed by atoms with van der Waals surface area (Å²) in [5.41, 5.74) is 1.11. The van der Waals surface area contributed by atoms with E-state index in [1.807, 2.05) is 0 Å². The van der Waals surface area contributed by atoms with Crippen LogP contribution in [0.5, 0.6) is 11.5 Å². The molecule has 2 N–H and O–H groups in total. The number of carbonyl (C=O) groups excluding carboxylic acids is 1. The van der Waals surface area contributed by atoms with Crippen molar-refractivity contribution < 1.29 is 22.7 Å². The first-order chi connectivity index (χ1) is 14.5. The molecule has 1 aliphatic carbocycles. The Bertz CT molecular complexity index is 1010. The summed E-state index contributed by atoms with van der Waals surface area (Å²) in [5, 5.41) is 3.06. The van der Waals surface area contributed by atoms with Gasteiger partial charge in [-0.15, -0.1) is 0 Å². The molecule has 2 aromatic rings. The molecule has 0 saturated heterocycles. The third-order valence-corrected chi connectivity index (χ3v) is 6.90. The normalized spacial score (nSPS) is 16.8. The molecule has 1 aliphatic heterocycles. The van der Waals surface area contributed by atoms with E-state index < -0.39 is 10.0 Å². The van der Waals surface area contributed by atoms with Gasteiger partial charge in [0.1, 0.15) is 0 Å². The largest absolute Gasteiger partial charge is 0.454 e. The second-order valence-corrected chi connectivity index (χ2v) is 9.47. The quantitative estimate of drug-likeness (QED) is 0.686. The Labute approximate surface area is 176 Å². The van der Waals surface area contributed by atoms with Crippen molar-refractivity contribution in [2.24, 2.45) is 0 Å². The summed E-state index contributed by atoms with van der Waals surface area (Å²) in [6.45, 7) is 0.275. The molecule has 0 bridgehead atoms. The predicted molar refractivity (Wildman–Crippen MR) is 112 cm³/mol. The van der Waals surface area contributed by atoms with Gasteiger partial charge in [-0.25, -0.2) is 13.1 Å². The summed E-state index contributed by atoms with van der Waals surface area (Å²) < 4.78 is 38.7. The van der Waals surface area contributed by atoms with Crippen molar-refractivity contribution in [3.63, 3.8) is 0 Å². The number of amides is 1. The van der Waals surface area contributed by atoms with Gasteiger partial charge in [0.2, 0.25) is 16.8 Å². The third-order valence-electron chi connectivity index (χ3n) is 5.50. The molecule has 0 radical (unpaired) electrons. The molecule has 0 atom stereocenters. The van der Waals surface area contributed by atoms with E-state index in [0.29, 0.717) is 17.1 Å². The summed E-state index contributed by atoms with van der Waals surface area (Å²) in [7, 11) is -3.77. The van der Waals surface area contributed by atoms with Crippen LogP contribution in [0.2, 0.25) is 0 Å². The van der Waals surface area contributed by atoms with E-state index in [4.69, 9.17) is 9.47 Å². The van der Waals surface area contributed by atoms with Crippen molar-refractivity contribution in [1.82, 2.24) is 10.0 Å². The molecule has 7 nitrogen and oxygen atoms in total. The highest BCUT2D eigenvalue weighted by atomic mass is 32.2. The molecule has 0 unspecified atom stereocenters. The first-order valence-corrected chi connectivity index (χ1v) is 11.8. The number of rotatable bonds is 6. The Kier molecular flexibility index (Phi) is 6.24. The smallest absolute Gasteiger partial charge is 0.251 e. The van der Waals surface area contributed by atoms with Gasteiger partial charge in [-0.3, -0.25) is 4.79 Å². The molecule has 30 heavy (non-hydrogen) atoms. The zero-order chi connectivity index (χ0) is 21.0. The molecule has 1 amide bonds. The maximum atomic E-state index is 12.8. The Balaban J connectivity index is 1.42. The van der Waals surface area contributed by atoms with Crippen LogP contribution in [-0.4, -0.2) is 27.2 Å². The van der Waals surface area contributed by atoms with Crippen molar-refractivity contribution in [1.29, 1.82) is 0 Å². The van der Waals surface area contributed by atoms with E-state index in [2.05, 4.69) is 10.0 Å². The zero-order valence-corrected chi connectivity index (χ0v) is 17.5. The predicted octanol–water partition coefficient (Wildman–Crippen LogP) is 3.35. The van der Waals surface area contributed by atoms with E-state index in [0.717, 1.165) is 31.2 Å². The first-order valence-electron chi connectivity index (χ1n) is 10.3. The van der Waals surface area contributed by atoms with Gasteiger partial charge >= 0.3 is 0 Å². The number of hydrogen-bond donors (Lipinski definition) is 2. The van der Waals surface area contributed by atoms with Crippen LogP contribution in [0.3, 0.4) is 0 Å². The number of carbonyl (C=O) groups is 1. The van der Waals surface area contributed by atoms with Gasteiger partial charge < -0.3 is 14.8 Å². The average molecular weight is 431 g/mol. The average Bonchev–Trinajstić information content (AvgIpc) is 3.07. The van der Waals surface area contributed by atoms with Crippen LogP contribution in [0.4, 0.5) is 0 Å². The lowest BCUT2D eigenvalue weighted by molar-refractivity contribution is 0.0933. The van der Waals surface area contributed by atoms with E-state index in [1.165, 1.54) is 25.0 Å².